The lowest BCUT2D eigenvalue weighted by Crippen LogP contribution is -2.47. The molecule has 0 bridgehead atoms. The van der Waals surface area contributed by atoms with Gasteiger partial charge in [-0.25, -0.2) is 20.0 Å². The highest BCUT2D eigenvalue weighted by atomic mass is 35.5. The Balaban J connectivity index is 1.87. The first-order valence-electron chi connectivity index (χ1n) is 8.34. The fourth-order valence-corrected chi connectivity index (χ4v) is 2.80. The van der Waals surface area contributed by atoms with Gasteiger partial charge in [-0.2, -0.15) is 13.2 Å². The average molecular weight is 433 g/mol. The van der Waals surface area contributed by atoms with E-state index < -0.39 is 22.4 Å². The second kappa shape index (κ2) is 8.31. The van der Waals surface area contributed by atoms with Gasteiger partial charge in [0.05, 0.1) is 15.5 Å². The maximum absolute atomic E-state index is 12.8. The van der Waals surface area contributed by atoms with Gasteiger partial charge in [0, 0.05) is 32.4 Å². The van der Waals surface area contributed by atoms with Crippen molar-refractivity contribution in [3.8, 4) is 0 Å². The number of pyridine rings is 1. The van der Waals surface area contributed by atoms with Gasteiger partial charge in [-0.3, -0.25) is 15.5 Å². The Morgan fingerprint density at radius 1 is 1.14 bits per heavy atom. The van der Waals surface area contributed by atoms with Crippen molar-refractivity contribution < 1.29 is 18.1 Å². The van der Waals surface area contributed by atoms with Crippen LogP contribution in [0.25, 0.3) is 0 Å². The number of hydrogen-bond donors (Lipinski definition) is 2. The summed E-state index contributed by atoms with van der Waals surface area (Å²) in [5.74, 6) is -0.511. The lowest BCUT2D eigenvalue weighted by atomic mass is 10.2. The minimum atomic E-state index is -4.62. The first kappa shape index (κ1) is 21.0. The Hall–Kier alpha value is -2.77. The molecule has 1 saturated heterocycles. The average Bonchev–Trinajstić information content (AvgIpc) is 2.64. The second-order valence-electron chi connectivity index (χ2n) is 6.26. The topological polar surface area (TPSA) is 112 Å². The van der Waals surface area contributed by atoms with Crippen molar-refractivity contribution in [2.24, 2.45) is 0 Å². The first-order valence-corrected chi connectivity index (χ1v) is 8.72. The zero-order valence-electron chi connectivity index (χ0n) is 15.1. The van der Waals surface area contributed by atoms with Crippen LogP contribution < -0.4 is 10.7 Å². The molecule has 156 valence electrons. The van der Waals surface area contributed by atoms with Crippen LogP contribution in [0.4, 0.5) is 36.3 Å². The zero-order chi connectivity index (χ0) is 21.2. The number of anilines is 3. The van der Waals surface area contributed by atoms with Crippen molar-refractivity contribution in [2.45, 2.75) is 6.18 Å². The molecule has 2 N–H and O–H groups in total. The quantitative estimate of drug-likeness (QED) is 0.544. The highest BCUT2D eigenvalue weighted by Gasteiger charge is 2.32. The van der Waals surface area contributed by atoms with Crippen molar-refractivity contribution in [1.29, 1.82) is 0 Å². The van der Waals surface area contributed by atoms with Crippen molar-refractivity contribution >= 4 is 34.7 Å². The molecule has 0 amide bonds. The Kier molecular flexibility index (Phi) is 6.00. The molecular formula is C15H16ClF3N8O2. The third kappa shape index (κ3) is 4.99. The standard InChI is InChI=1S/C15H16ClF3N8O2/c1-25-2-4-26(5-3-25)24-14-11(27(28)29)13(21-8-22-14)23-12-10(16)6-9(7-20-12)15(17,18)19/h6-8H,2-5H2,1H3,(H2,20,21,22,23,24). The lowest BCUT2D eigenvalue weighted by molar-refractivity contribution is -0.383. The Morgan fingerprint density at radius 3 is 2.38 bits per heavy atom. The van der Waals surface area contributed by atoms with E-state index in [4.69, 9.17) is 11.6 Å². The largest absolute Gasteiger partial charge is 0.417 e. The van der Waals surface area contributed by atoms with Gasteiger partial charge in [-0.05, 0) is 13.1 Å². The van der Waals surface area contributed by atoms with Crippen LogP contribution in [0.15, 0.2) is 18.6 Å². The van der Waals surface area contributed by atoms with E-state index in [0.717, 1.165) is 19.4 Å². The molecule has 14 heteroatoms. The van der Waals surface area contributed by atoms with Gasteiger partial charge in [-0.15, -0.1) is 0 Å². The normalized spacial score (nSPS) is 15.9. The van der Waals surface area contributed by atoms with Crippen molar-refractivity contribution in [3.63, 3.8) is 0 Å². The molecule has 0 aliphatic carbocycles. The molecule has 0 atom stereocenters. The predicted octanol–water partition coefficient (Wildman–Crippen LogP) is 2.77. The number of alkyl halides is 3. The number of nitrogens with zero attached hydrogens (tertiary/aromatic N) is 6. The summed E-state index contributed by atoms with van der Waals surface area (Å²) in [5.41, 5.74) is 1.37. The number of nitrogens with one attached hydrogen (secondary N) is 2. The summed E-state index contributed by atoms with van der Waals surface area (Å²) in [7, 11) is 1.97. The highest BCUT2D eigenvalue weighted by molar-refractivity contribution is 6.33. The molecule has 29 heavy (non-hydrogen) atoms. The third-order valence-electron chi connectivity index (χ3n) is 4.18. The van der Waals surface area contributed by atoms with E-state index in [2.05, 4.69) is 30.6 Å². The number of likely N-dealkylation sites (N-methyl/N-ethyl adjacent to an activating group) is 1. The number of nitro groups is 1. The Bertz CT molecular complexity index is 906. The van der Waals surface area contributed by atoms with Crippen LogP contribution in [-0.2, 0) is 6.18 Å². The number of halogens is 4. The molecular weight excluding hydrogens is 417 g/mol. The SMILES string of the molecule is CN1CCN(Nc2ncnc(Nc3ncc(C(F)(F)F)cc3Cl)c2[N+](=O)[O-])CC1. The smallest absolute Gasteiger partial charge is 0.318 e. The minimum absolute atomic E-state index is 0.0555. The molecule has 2 aromatic rings. The molecule has 0 radical (unpaired) electrons. The summed E-state index contributed by atoms with van der Waals surface area (Å²) in [6.45, 7) is 2.77. The number of hydrazine groups is 1. The van der Waals surface area contributed by atoms with E-state index in [-0.39, 0.29) is 22.5 Å². The predicted molar refractivity (Wildman–Crippen MR) is 98.9 cm³/mol. The monoisotopic (exact) mass is 432 g/mol. The highest BCUT2D eigenvalue weighted by Crippen LogP contribution is 2.35. The van der Waals surface area contributed by atoms with Crippen LogP contribution in [0.1, 0.15) is 5.56 Å². The molecule has 0 saturated carbocycles. The van der Waals surface area contributed by atoms with E-state index in [1.54, 1.807) is 5.01 Å². The summed E-state index contributed by atoms with van der Waals surface area (Å²) >= 11 is 5.86. The number of rotatable bonds is 5. The second-order valence-corrected chi connectivity index (χ2v) is 6.66. The van der Waals surface area contributed by atoms with Gasteiger partial charge < -0.3 is 10.2 Å². The van der Waals surface area contributed by atoms with E-state index in [1.807, 2.05) is 7.05 Å². The van der Waals surface area contributed by atoms with E-state index in [9.17, 15) is 23.3 Å². The summed E-state index contributed by atoms with van der Waals surface area (Å²) < 4.78 is 38.3. The Morgan fingerprint density at radius 2 is 1.79 bits per heavy atom. The minimum Gasteiger partial charge on any atom is -0.318 e. The molecule has 1 fully saturated rings. The van der Waals surface area contributed by atoms with Gasteiger partial charge in [0.15, 0.2) is 5.82 Å². The fourth-order valence-electron chi connectivity index (χ4n) is 2.59. The van der Waals surface area contributed by atoms with E-state index in [1.165, 1.54) is 0 Å². The molecule has 0 aromatic carbocycles. The summed E-state index contributed by atoms with van der Waals surface area (Å²) in [6, 6.07) is 0.674. The van der Waals surface area contributed by atoms with Gasteiger partial charge >= 0.3 is 11.9 Å². The summed E-state index contributed by atoms with van der Waals surface area (Å²) in [4.78, 5) is 24.4. The number of hydrogen-bond acceptors (Lipinski definition) is 9. The van der Waals surface area contributed by atoms with E-state index >= 15 is 0 Å². The van der Waals surface area contributed by atoms with Crippen molar-refractivity contribution in [1.82, 2.24) is 24.9 Å². The Labute approximate surface area is 167 Å². The van der Waals surface area contributed by atoms with Gasteiger partial charge in [0.25, 0.3) is 0 Å². The molecule has 10 nitrogen and oxygen atoms in total. The molecule has 3 heterocycles. The maximum Gasteiger partial charge on any atom is 0.417 e. The van der Waals surface area contributed by atoms with Crippen LogP contribution in [0, 0.1) is 10.1 Å². The van der Waals surface area contributed by atoms with E-state index in [0.29, 0.717) is 25.4 Å². The number of piperazine rings is 1. The summed E-state index contributed by atoms with van der Waals surface area (Å²) in [5, 5.41) is 15.5. The van der Waals surface area contributed by atoms with Gasteiger partial charge in [-0.1, -0.05) is 11.6 Å². The van der Waals surface area contributed by atoms with Crippen LogP contribution in [0.2, 0.25) is 5.02 Å². The van der Waals surface area contributed by atoms with Gasteiger partial charge in [0.2, 0.25) is 11.6 Å². The van der Waals surface area contributed by atoms with Crippen LogP contribution in [0.5, 0.6) is 0 Å². The maximum atomic E-state index is 12.8. The van der Waals surface area contributed by atoms with Gasteiger partial charge in [0.1, 0.15) is 6.33 Å². The zero-order valence-corrected chi connectivity index (χ0v) is 15.8. The molecule has 1 aliphatic rings. The van der Waals surface area contributed by atoms with Crippen LogP contribution in [0.3, 0.4) is 0 Å². The molecule has 3 rings (SSSR count). The lowest BCUT2D eigenvalue weighted by Gasteiger charge is -2.32. The molecule has 2 aromatic heterocycles. The number of aromatic nitrogens is 3. The van der Waals surface area contributed by atoms with Crippen molar-refractivity contribution in [3.05, 3.63) is 39.3 Å². The first-order chi connectivity index (χ1) is 13.6. The fraction of sp³-hybridized carbons (Fsp3) is 0.400. The molecule has 0 spiro atoms. The van der Waals surface area contributed by atoms with Crippen LogP contribution in [-0.4, -0.2) is 63.0 Å². The third-order valence-corrected chi connectivity index (χ3v) is 4.47. The van der Waals surface area contributed by atoms with Crippen molar-refractivity contribution in [2.75, 3.05) is 44.0 Å². The summed E-state index contributed by atoms with van der Waals surface area (Å²) in [6.07, 6.45) is -2.95. The van der Waals surface area contributed by atoms with Crippen LogP contribution >= 0.6 is 11.6 Å². The molecule has 1 aliphatic heterocycles. The molecule has 0 unspecified atom stereocenters.